The Labute approximate surface area is 82.8 Å². The van der Waals surface area contributed by atoms with E-state index < -0.39 is 11.1 Å². The van der Waals surface area contributed by atoms with Gasteiger partial charge in [0.1, 0.15) is 0 Å². The third kappa shape index (κ3) is 0.930. The van der Waals surface area contributed by atoms with Crippen LogP contribution in [0.1, 0.15) is 19.4 Å². The molecule has 1 amide bonds. The third-order valence-electron chi connectivity index (χ3n) is 2.85. The van der Waals surface area contributed by atoms with Gasteiger partial charge >= 0.3 is 0 Å². The van der Waals surface area contributed by atoms with Gasteiger partial charge in [0.15, 0.2) is 5.60 Å². The Balaban J connectivity index is 2.47. The maximum atomic E-state index is 11.4. The molecule has 14 heavy (non-hydrogen) atoms. The fourth-order valence-electron chi connectivity index (χ4n) is 1.86. The van der Waals surface area contributed by atoms with Crippen LogP contribution in [0.4, 0.5) is 0 Å². The predicted octanol–water partition coefficient (Wildman–Crippen LogP) is 0.783. The average Bonchev–Trinajstić information content (AvgIpc) is 2.17. The first-order valence-electron chi connectivity index (χ1n) is 4.59. The number of nitrogens with one attached hydrogen (secondary N) is 1. The Hall–Kier alpha value is -1.35. The maximum absolute atomic E-state index is 11.4. The van der Waals surface area contributed by atoms with Crippen molar-refractivity contribution < 1.29 is 9.90 Å². The molecule has 1 aromatic rings. The molecule has 0 saturated carbocycles. The summed E-state index contributed by atoms with van der Waals surface area (Å²) in [5.41, 5.74) is -1.33. The van der Waals surface area contributed by atoms with Crippen LogP contribution in [0.3, 0.4) is 0 Å². The Kier molecular flexibility index (Phi) is 1.70. The van der Waals surface area contributed by atoms with Crippen LogP contribution in [0.25, 0.3) is 0 Å². The minimum Gasteiger partial charge on any atom is -0.374 e. The Morgan fingerprint density at radius 1 is 1.21 bits per heavy atom. The molecule has 2 N–H and O–H groups in total. The molecule has 0 spiro atoms. The van der Waals surface area contributed by atoms with Crippen molar-refractivity contribution in [1.29, 1.82) is 0 Å². The molecule has 2 rings (SSSR count). The van der Waals surface area contributed by atoms with E-state index in [0.717, 1.165) is 0 Å². The summed E-state index contributed by atoms with van der Waals surface area (Å²) in [7, 11) is 0. The van der Waals surface area contributed by atoms with Gasteiger partial charge < -0.3 is 10.4 Å². The van der Waals surface area contributed by atoms with E-state index >= 15 is 0 Å². The zero-order chi connectivity index (χ0) is 10.4. The highest BCUT2D eigenvalue weighted by atomic mass is 16.3. The van der Waals surface area contributed by atoms with E-state index in [2.05, 4.69) is 5.32 Å². The highest BCUT2D eigenvalue weighted by molar-refractivity contribution is 5.95. The average molecular weight is 191 g/mol. The van der Waals surface area contributed by atoms with Gasteiger partial charge in [-0.2, -0.15) is 0 Å². The molecule has 0 radical (unpaired) electrons. The van der Waals surface area contributed by atoms with Gasteiger partial charge in [-0.25, -0.2) is 0 Å². The van der Waals surface area contributed by atoms with Crippen LogP contribution in [-0.4, -0.2) is 16.6 Å². The van der Waals surface area contributed by atoms with Gasteiger partial charge in [-0.3, -0.25) is 4.79 Å². The normalized spacial score (nSPS) is 29.2. The molecule has 3 nitrogen and oxygen atoms in total. The molecule has 1 aliphatic heterocycles. The van der Waals surface area contributed by atoms with Crippen molar-refractivity contribution in [3.05, 3.63) is 35.9 Å². The fourth-order valence-corrected chi connectivity index (χ4v) is 1.86. The van der Waals surface area contributed by atoms with Crippen LogP contribution in [0, 0.1) is 0 Å². The topological polar surface area (TPSA) is 49.3 Å². The zero-order valence-corrected chi connectivity index (χ0v) is 8.24. The molecular formula is C11H13NO2. The lowest BCUT2D eigenvalue weighted by Gasteiger charge is -2.51. The van der Waals surface area contributed by atoms with Crippen LogP contribution in [-0.2, 0) is 10.4 Å². The van der Waals surface area contributed by atoms with Crippen LogP contribution >= 0.6 is 0 Å². The summed E-state index contributed by atoms with van der Waals surface area (Å²) in [4.78, 5) is 11.4. The molecule has 1 aromatic carbocycles. The van der Waals surface area contributed by atoms with E-state index in [0.29, 0.717) is 5.56 Å². The number of carbonyl (C=O) groups excluding carboxylic acids is 1. The second-order valence-electron chi connectivity index (χ2n) is 4.16. The monoisotopic (exact) mass is 191 g/mol. The highest BCUT2D eigenvalue weighted by Crippen LogP contribution is 2.40. The molecule has 1 fully saturated rings. The summed E-state index contributed by atoms with van der Waals surface area (Å²) in [5, 5.41) is 12.9. The lowest BCUT2D eigenvalue weighted by Crippen LogP contribution is -2.76. The van der Waals surface area contributed by atoms with Gasteiger partial charge in [0.05, 0.1) is 5.54 Å². The van der Waals surface area contributed by atoms with Crippen molar-refractivity contribution in [2.75, 3.05) is 0 Å². The number of carbonyl (C=O) groups is 1. The summed E-state index contributed by atoms with van der Waals surface area (Å²) in [6.45, 7) is 3.61. The predicted molar refractivity (Wildman–Crippen MR) is 52.6 cm³/mol. The molecule has 1 aliphatic rings. The second-order valence-corrected chi connectivity index (χ2v) is 4.16. The first kappa shape index (κ1) is 9.21. The van der Waals surface area contributed by atoms with E-state index in [4.69, 9.17) is 0 Å². The number of β-lactam (4-membered cyclic amide) rings is 1. The molecule has 0 aliphatic carbocycles. The van der Waals surface area contributed by atoms with Crippen molar-refractivity contribution in [2.45, 2.75) is 25.0 Å². The lowest BCUT2D eigenvalue weighted by molar-refractivity contribution is -0.174. The van der Waals surface area contributed by atoms with E-state index in [9.17, 15) is 9.90 Å². The number of hydrogen-bond donors (Lipinski definition) is 2. The quantitative estimate of drug-likeness (QED) is 0.644. The smallest absolute Gasteiger partial charge is 0.259 e. The van der Waals surface area contributed by atoms with Crippen molar-refractivity contribution >= 4 is 5.91 Å². The van der Waals surface area contributed by atoms with Gasteiger partial charge in [0.25, 0.3) is 5.91 Å². The summed E-state index contributed by atoms with van der Waals surface area (Å²) in [6.07, 6.45) is 0. The second kappa shape index (κ2) is 2.58. The molecular weight excluding hydrogens is 178 g/mol. The van der Waals surface area contributed by atoms with Crippen LogP contribution in [0.15, 0.2) is 30.3 Å². The van der Waals surface area contributed by atoms with E-state index in [1.165, 1.54) is 0 Å². The van der Waals surface area contributed by atoms with Gasteiger partial charge in [0.2, 0.25) is 0 Å². The number of benzene rings is 1. The number of amides is 1. The molecule has 1 heterocycles. The summed E-state index contributed by atoms with van der Waals surface area (Å²) in [5.74, 6) is -0.325. The van der Waals surface area contributed by atoms with Crippen LogP contribution < -0.4 is 5.32 Å². The SMILES string of the molecule is CC1(C)NC(=O)C1(O)c1ccccc1. The molecule has 1 atom stereocenters. The first-order valence-corrected chi connectivity index (χ1v) is 4.59. The largest absolute Gasteiger partial charge is 0.374 e. The Morgan fingerprint density at radius 2 is 1.79 bits per heavy atom. The molecule has 1 saturated heterocycles. The van der Waals surface area contributed by atoms with Gasteiger partial charge in [-0.05, 0) is 19.4 Å². The van der Waals surface area contributed by atoms with Gasteiger partial charge in [-0.1, -0.05) is 30.3 Å². The third-order valence-corrected chi connectivity index (χ3v) is 2.85. The van der Waals surface area contributed by atoms with Crippen molar-refractivity contribution in [2.24, 2.45) is 0 Å². The zero-order valence-electron chi connectivity index (χ0n) is 8.24. The van der Waals surface area contributed by atoms with Gasteiger partial charge in [0, 0.05) is 0 Å². The van der Waals surface area contributed by atoms with Crippen molar-refractivity contribution in [1.82, 2.24) is 5.32 Å². The fraction of sp³-hybridized carbons (Fsp3) is 0.364. The summed E-state index contributed by atoms with van der Waals surface area (Å²) in [6, 6.07) is 9.02. The number of rotatable bonds is 1. The highest BCUT2D eigenvalue weighted by Gasteiger charge is 2.60. The first-order chi connectivity index (χ1) is 6.48. The molecule has 0 aromatic heterocycles. The molecule has 3 heteroatoms. The van der Waals surface area contributed by atoms with E-state index in [1.807, 2.05) is 18.2 Å². The Morgan fingerprint density at radius 3 is 2.21 bits per heavy atom. The number of aliphatic hydroxyl groups is 1. The minimum absolute atomic E-state index is 0.325. The van der Waals surface area contributed by atoms with Crippen molar-refractivity contribution in [3.8, 4) is 0 Å². The van der Waals surface area contributed by atoms with Crippen molar-refractivity contribution in [3.63, 3.8) is 0 Å². The summed E-state index contributed by atoms with van der Waals surface area (Å²) < 4.78 is 0. The van der Waals surface area contributed by atoms with Crippen LogP contribution in [0.2, 0.25) is 0 Å². The lowest BCUT2D eigenvalue weighted by atomic mass is 9.70. The maximum Gasteiger partial charge on any atom is 0.259 e. The molecule has 1 unspecified atom stereocenters. The number of hydrogen-bond acceptors (Lipinski definition) is 2. The molecule has 0 bridgehead atoms. The van der Waals surface area contributed by atoms with Crippen LogP contribution in [0.5, 0.6) is 0 Å². The minimum atomic E-state index is -1.38. The summed E-state index contributed by atoms with van der Waals surface area (Å²) >= 11 is 0. The molecule has 74 valence electrons. The van der Waals surface area contributed by atoms with E-state index in [-0.39, 0.29) is 5.91 Å². The standard InChI is InChI=1S/C11H13NO2/c1-10(2)11(14,9(13)12-10)8-6-4-3-5-7-8/h3-7,14H,1-2H3,(H,12,13). The van der Waals surface area contributed by atoms with E-state index in [1.54, 1.807) is 26.0 Å². The van der Waals surface area contributed by atoms with Gasteiger partial charge in [-0.15, -0.1) is 0 Å². The Bertz CT molecular complexity index is 372.